The summed E-state index contributed by atoms with van der Waals surface area (Å²) < 4.78 is 0. The number of nitro benzene ring substituents is 1. The van der Waals surface area contributed by atoms with Crippen LogP contribution in [0.3, 0.4) is 0 Å². The Kier molecular flexibility index (Phi) is 3.90. The molecule has 2 aromatic rings. The van der Waals surface area contributed by atoms with Crippen LogP contribution in [0.4, 0.5) is 11.4 Å². The number of non-ortho nitro benzene ring substituents is 1. The summed E-state index contributed by atoms with van der Waals surface area (Å²) in [5.41, 5.74) is -0.679. The number of carboxylic acids is 1. The molecule has 21 heavy (non-hydrogen) atoms. The van der Waals surface area contributed by atoms with Crippen LogP contribution < -0.4 is 5.32 Å². The number of carbonyl (C=O) groups is 2. The van der Waals surface area contributed by atoms with Crippen LogP contribution in [-0.2, 0) is 0 Å². The maximum Gasteiger partial charge on any atom is 0.338 e. The van der Waals surface area contributed by atoms with Gasteiger partial charge in [0.2, 0.25) is 0 Å². The van der Waals surface area contributed by atoms with E-state index in [0.29, 0.717) is 5.02 Å². The number of halogens is 1. The highest BCUT2D eigenvalue weighted by atomic mass is 35.5. The standard InChI is InChI=1S/C12H8ClN3O5/c13-6-3-10(14-5-6)11(17)15-9-2-1-7(16(20)21)4-8(9)12(18)19/h1-5,14H,(H,15,17)(H,18,19). The molecule has 1 heterocycles. The van der Waals surface area contributed by atoms with Gasteiger partial charge in [-0.05, 0) is 12.1 Å². The van der Waals surface area contributed by atoms with Crippen LogP contribution in [0.25, 0.3) is 0 Å². The van der Waals surface area contributed by atoms with E-state index in [-0.39, 0.29) is 22.6 Å². The first-order valence-electron chi connectivity index (χ1n) is 5.55. The zero-order valence-electron chi connectivity index (χ0n) is 10.3. The number of aromatic amines is 1. The molecule has 0 aliphatic carbocycles. The zero-order chi connectivity index (χ0) is 15.6. The summed E-state index contributed by atoms with van der Waals surface area (Å²) in [5.74, 6) is -2.00. The number of amides is 1. The maximum atomic E-state index is 11.9. The third kappa shape index (κ3) is 3.18. The summed E-state index contributed by atoms with van der Waals surface area (Å²) >= 11 is 5.66. The summed E-state index contributed by atoms with van der Waals surface area (Å²) in [7, 11) is 0. The predicted octanol–water partition coefficient (Wildman–Crippen LogP) is 2.53. The van der Waals surface area contributed by atoms with Gasteiger partial charge in [-0.25, -0.2) is 4.79 Å². The molecule has 0 atom stereocenters. The Bertz CT molecular complexity index is 740. The number of aromatic nitrogens is 1. The Morgan fingerprint density at radius 3 is 2.57 bits per heavy atom. The summed E-state index contributed by atoms with van der Waals surface area (Å²) in [6.45, 7) is 0. The Morgan fingerprint density at radius 1 is 1.33 bits per heavy atom. The van der Waals surface area contributed by atoms with Crippen LogP contribution in [0.15, 0.2) is 30.5 Å². The number of carboxylic acid groups (broad SMARTS) is 1. The van der Waals surface area contributed by atoms with E-state index in [1.165, 1.54) is 12.3 Å². The molecule has 0 aliphatic rings. The fourth-order valence-electron chi connectivity index (χ4n) is 1.62. The summed E-state index contributed by atoms with van der Waals surface area (Å²) in [6, 6.07) is 4.50. The van der Waals surface area contributed by atoms with Crippen molar-refractivity contribution in [3.8, 4) is 0 Å². The first-order valence-corrected chi connectivity index (χ1v) is 5.93. The lowest BCUT2D eigenvalue weighted by Gasteiger charge is -2.07. The van der Waals surface area contributed by atoms with Crippen LogP contribution in [0, 0.1) is 10.1 Å². The zero-order valence-corrected chi connectivity index (χ0v) is 11.0. The van der Waals surface area contributed by atoms with Crippen molar-refractivity contribution < 1.29 is 19.6 Å². The number of anilines is 1. The van der Waals surface area contributed by atoms with E-state index >= 15 is 0 Å². The molecule has 0 fully saturated rings. The van der Waals surface area contributed by atoms with Crippen molar-refractivity contribution in [3.63, 3.8) is 0 Å². The van der Waals surface area contributed by atoms with E-state index in [4.69, 9.17) is 16.7 Å². The number of hydrogen-bond acceptors (Lipinski definition) is 4. The van der Waals surface area contributed by atoms with Gasteiger partial charge in [-0.2, -0.15) is 0 Å². The molecule has 108 valence electrons. The van der Waals surface area contributed by atoms with Crippen molar-refractivity contribution in [2.45, 2.75) is 0 Å². The average molecular weight is 310 g/mol. The van der Waals surface area contributed by atoms with E-state index in [1.54, 1.807) is 0 Å². The fourth-order valence-corrected chi connectivity index (χ4v) is 1.78. The van der Waals surface area contributed by atoms with Gasteiger partial charge < -0.3 is 15.4 Å². The number of benzene rings is 1. The first-order chi connectivity index (χ1) is 9.88. The van der Waals surface area contributed by atoms with Gasteiger partial charge in [0.1, 0.15) is 5.69 Å². The number of aromatic carboxylic acids is 1. The van der Waals surface area contributed by atoms with Crippen LogP contribution in [0.2, 0.25) is 5.02 Å². The summed E-state index contributed by atoms with van der Waals surface area (Å²) in [6.07, 6.45) is 1.39. The summed E-state index contributed by atoms with van der Waals surface area (Å²) in [5, 5.41) is 22.4. The number of nitro groups is 1. The molecule has 1 aromatic heterocycles. The predicted molar refractivity (Wildman–Crippen MR) is 73.8 cm³/mol. The molecule has 9 heteroatoms. The van der Waals surface area contributed by atoms with Gasteiger partial charge in [-0.15, -0.1) is 0 Å². The van der Waals surface area contributed by atoms with E-state index in [1.807, 2.05) is 0 Å². The topological polar surface area (TPSA) is 125 Å². The lowest BCUT2D eigenvalue weighted by Crippen LogP contribution is -2.15. The Balaban J connectivity index is 2.33. The van der Waals surface area contributed by atoms with Crippen molar-refractivity contribution in [2.24, 2.45) is 0 Å². The van der Waals surface area contributed by atoms with Crippen LogP contribution in [-0.4, -0.2) is 26.9 Å². The normalized spacial score (nSPS) is 10.1. The molecule has 2 rings (SSSR count). The van der Waals surface area contributed by atoms with Crippen molar-refractivity contribution in [1.29, 1.82) is 0 Å². The highest BCUT2D eigenvalue weighted by molar-refractivity contribution is 6.31. The fraction of sp³-hybridized carbons (Fsp3) is 0. The van der Waals surface area contributed by atoms with Gasteiger partial charge in [-0.1, -0.05) is 11.6 Å². The van der Waals surface area contributed by atoms with Gasteiger partial charge in [0, 0.05) is 18.3 Å². The first kappa shape index (κ1) is 14.5. The van der Waals surface area contributed by atoms with E-state index < -0.39 is 16.8 Å². The number of H-pyrrole nitrogens is 1. The number of hydrogen-bond donors (Lipinski definition) is 3. The highest BCUT2D eigenvalue weighted by Crippen LogP contribution is 2.23. The number of nitrogens with one attached hydrogen (secondary N) is 2. The van der Waals surface area contributed by atoms with Gasteiger partial charge in [0.05, 0.1) is 21.2 Å². The number of rotatable bonds is 4. The van der Waals surface area contributed by atoms with Gasteiger partial charge in [0.15, 0.2) is 0 Å². The second-order valence-corrected chi connectivity index (χ2v) is 4.41. The molecule has 8 nitrogen and oxygen atoms in total. The Labute approximate surface area is 122 Å². The van der Waals surface area contributed by atoms with Gasteiger partial charge in [-0.3, -0.25) is 14.9 Å². The Hall–Kier alpha value is -2.87. The van der Waals surface area contributed by atoms with Crippen molar-refractivity contribution in [2.75, 3.05) is 5.32 Å². The Morgan fingerprint density at radius 2 is 2.05 bits per heavy atom. The van der Waals surface area contributed by atoms with E-state index in [0.717, 1.165) is 18.2 Å². The van der Waals surface area contributed by atoms with Crippen LogP contribution in [0.1, 0.15) is 20.8 Å². The van der Waals surface area contributed by atoms with Crippen molar-refractivity contribution >= 4 is 34.9 Å². The molecule has 0 unspecified atom stereocenters. The molecule has 0 bridgehead atoms. The molecule has 0 aliphatic heterocycles. The molecule has 0 spiro atoms. The second-order valence-electron chi connectivity index (χ2n) is 3.98. The second kappa shape index (κ2) is 5.63. The minimum Gasteiger partial charge on any atom is -0.478 e. The summed E-state index contributed by atoms with van der Waals surface area (Å²) in [4.78, 5) is 35.5. The quantitative estimate of drug-likeness (QED) is 0.591. The molecule has 1 aromatic carbocycles. The monoisotopic (exact) mass is 309 g/mol. The molecule has 1 amide bonds. The molecule has 0 saturated heterocycles. The molecule has 3 N–H and O–H groups in total. The molecular weight excluding hydrogens is 302 g/mol. The largest absolute Gasteiger partial charge is 0.478 e. The minimum absolute atomic E-state index is 0.0520. The van der Waals surface area contributed by atoms with Gasteiger partial charge in [0.25, 0.3) is 11.6 Å². The SMILES string of the molecule is O=C(Nc1ccc([N+](=O)[O-])cc1C(=O)O)c1cc(Cl)c[nH]1. The average Bonchev–Trinajstić information content (AvgIpc) is 2.85. The van der Waals surface area contributed by atoms with Crippen molar-refractivity contribution in [3.05, 3.63) is 56.9 Å². The van der Waals surface area contributed by atoms with E-state index in [9.17, 15) is 19.7 Å². The van der Waals surface area contributed by atoms with Crippen molar-refractivity contribution in [1.82, 2.24) is 4.98 Å². The number of nitrogens with zero attached hydrogens (tertiary/aromatic N) is 1. The van der Waals surface area contributed by atoms with Crippen LogP contribution in [0.5, 0.6) is 0 Å². The third-order valence-electron chi connectivity index (χ3n) is 2.58. The molecule has 0 saturated carbocycles. The number of carbonyl (C=O) groups excluding carboxylic acids is 1. The third-order valence-corrected chi connectivity index (χ3v) is 2.80. The lowest BCUT2D eigenvalue weighted by atomic mass is 10.1. The van der Waals surface area contributed by atoms with Gasteiger partial charge >= 0.3 is 5.97 Å². The minimum atomic E-state index is -1.39. The lowest BCUT2D eigenvalue weighted by molar-refractivity contribution is -0.384. The smallest absolute Gasteiger partial charge is 0.338 e. The maximum absolute atomic E-state index is 11.9. The molecular formula is C12H8ClN3O5. The van der Waals surface area contributed by atoms with E-state index in [2.05, 4.69) is 10.3 Å². The highest BCUT2D eigenvalue weighted by Gasteiger charge is 2.18. The molecule has 0 radical (unpaired) electrons. The van der Waals surface area contributed by atoms with Crippen LogP contribution >= 0.6 is 11.6 Å².